The summed E-state index contributed by atoms with van der Waals surface area (Å²) in [5.74, 6) is -10.2. The number of carboxylic acid groups (broad SMARTS) is 1. The summed E-state index contributed by atoms with van der Waals surface area (Å²) in [6.45, 7) is 6.60. The molecule has 4 aliphatic heterocycles. The SMILES string of the molecule is CC[C@@H]1NC(=O)[C@H]2Cc3cn(nn3)CCC[C@@H](NC(=O)[C@H](C)NC(=O)[C@H](NC(=O)CCOCCOCCOCCOCCOCCOCCOCCOCCCC(=O)CCCC[C@@H]3SC[C@@H]4NC(=O)N[C@@H]43)CCCCNC(=O)[C@H](Cc3ccc(C(F)(F)F)cc3)NC1=O)C(=O)N[C@@H](Cc1cnc[nH]1)C(=O)N[C@@H](CC1CC1)C(=O)NCC(=O)N[C@@H](CCC(=O)O)C(=O)N2. The van der Waals surface area contributed by atoms with E-state index in [-0.39, 0.29) is 151 Å². The molecule has 1 saturated carbocycles. The Morgan fingerprint density at radius 3 is 1.76 bits per heavy atom. The number of carboxylic acids is 1. The number of aromatic amines is 1. The molecule has 8 rings (SSSR count). The number of hydrogen-bond acceptors (Lipinski definition) is 26. The van der Waals surface area contributed by atoms with Crippen molar-refractivity contribution >= 4 is 94.5 Å². The largest absolute Gasteiger partial charge is 0.481 e. The number of amides is 13. The van der Waals surface area contributed by atoms with Crippen LogP contribution < -0.4 is 69.1 Å². The number of ether oxygens (including phenoxy) is 8. The molecule has 5 aliphatic rings. The number of aromatic nitrogens is 5. The zero-order valence-electron chi connectivity index (χ0n) is 71.8. The van der Waals surface area contributed by atoms with Crippen LogP contribution in [0.5, 0.6) is 0 Å². The third-order valence-electron chi connectivity index (χ3n) is 21.3. The predicted octanol–water partition coefficient (Wildman–Crippen LogP) is -0.686. The van der Waals surface area contributed by atoms with Gasteiger partial charge in [0.2, 0.25) is 65.0 Å². The van der Waals surface area contributed by atoms with Gasteiger partial charge in [-0.05, 0) is 101 Å². The van der Waals surface area contributed by atoms with Crippen molar-refractivity contribution in [2.24, 2.45) is 5.92 Å². The van der Waals surface area contributed by atoms with Gasteiger partial charge in [-0.1, -0.05) is 43.5 Å². The van der Waals surface area contributed by atoms with Crippen molar-refractivity contribution in [3.05, 3.63) is 65.5 Å². The normalized spacial score (nSPS) is 23.8. The number of Topliss-reactive ketones (excluding diaryl/α,β-unsaturated/α-hetero) is 1. The van der Waals surface area contributed by atoms with E-state index in [1.54, 1.807) is 0 Å². The quantitative estimate of drug-likeness (QED) is 0.0246. The van der Waals surface area contributed by atoms with Crippen LogP contribution in [-0.2, 0) is 132 Å². The second-order valence-corrected chi connectivity index (χ2v) is 32.8. The molecule has 127 heavy (non-hydrogen) atoms. The molecule has 1 aromatic carbocycles. The van der Waals surface area contributed by atoms with Crippen LogP contribution in [0.1, 0.15) is 152 Å². The lowest BCUT2D eigenvalue weighted by molar-refractivity contribution is -0.139. The summed E-state index contributed by atoms with van der Waals surface area (Å²) in [4.78, 5) is 200. The number of H-pyrrole nitrogens is 1. The Morgan fingerprint density at radius 2 is 1.13 bits per heavy atom. The molecule has 706 valence electrons. The fraction of sp³-hybridized carbons (Fsp3) is 0.695. The zero-order valence-corrected chi connectivity index (χ0v) is 72.6. The molecule has 0 radical (unpaired) electrons. The second-order valence-electron chi connectivity index (χ2n) is 31.5. The Kier molecular flexibility index (Phi) is 44.9. The van der Waals surface area contributed by atoms with Crippen LogP contribution in [0.2, 0.25) is 0 Å². The highest BCUT2D eigenvalue weighted by atomic mass is 32.2. The minimum Gasteiger partial charge on any atom is -0.481 e. The van der Waals surface area contributed by atoms with Crippen LogP contribution in [0.4, 0.5) is 18.0 Å². The molecule has 3 fully saturated rings. The maximum absolute atomic E-state index is 14.8. The maximum atomic E-state index is 14.8. The van der Waals surface area contributed by atoms with Crippen LogP contribution in [0.15, 0.2) is 43.0 Å². The number of halogens is 3. The Balaban J connectivity index is 0.825. The number of aryl methyl sites for hydroxylation is 1. The molecule has 12 atom stereocenters. The average molecular weight is 1820 g/mol. The van der Waals surface area contributed by atoms with Crippen molar-refractivity contribution in [1.82, 2.24) is 94.1 Å². The van der Waals surface area contributed by atoms with E-state index in [1.165, 1.54) is 37.3 Å². The first-order chi connectivity index (χ1) is 61.2. The fourth-order valence-corrected chi connectivity index (χ4v) is 15.7. The number of urea groups is 1. The molecule has 41 nitrogen and oxygen atoms in total. The lowest BCUT2D eigenvalue weighted by Crippen LogP contribution is -2.60. The molecular weight excluding hydrogens is 1690 g/mol. The number of nitrogens with zero attached hydrogens (tertiary/aromatic N) is 4. The smallest absolute Gasteiger partial charge is 0.416 e. The maximum Gasteiger partial charge on any atom is 0.416 e. The monoisotopic (exact) mass is 1820 g/mol. The lowest BCUT2D eigenvalue weighted by Gasteiger charge is -2.27. The van der Waals surface area contributed by atoms with Gasteiger partial charge >= 0.3 is 18.2 Å². The Bertz CT molecular complexity index is 4000. The Morgan fingerprint density at radius 1 is 0.551 bits per heavy atom. The van der Waals surface area contributed by atoms with Crippen molar-refractivity contribution in [2.45, 2.75) is 233 Å². The van der Waals surface area contributed by atoms with Gasteiger partial charge in [0.05, 0.1) is 135 Å². The molecule has 0 spiro atoms. The van der Waals surface area contributed by atoms with E-state index in [9.17, 15) is 85.4 Å². The highest BCUT2D eigenvalue weighted by molar-refractivity contribution is 8.00. The molecule has 1 aliphatic carbocycles. The first-order valence-corrected chi connectivity index (χ1v) is 44.6. The molecule has 15 N–H and O–H groups in total. The van der Waals surface area contributed by atoms with Crippen molar-refractivity contribution in [3.63, 3.8) is 0 Å². The first-order valence-electron chi connectivity index (χ1n) is 43.5. The number of unbranched alkanes of at least 4 members (excludes halogenated alkanes) is 1. The third-order valence-corrected chi connectivity index (χ3v) is 22.9. The molecule has 2 aromatic heterocycles. The molecule has 45 heteroatoms. The predicted molar refractivity (Wildman–Crippen MR) is 447 cm³/mol. The van der Waals surface area contributed by atoms with E-state index in [4.69, 9.17) is 37.9 Å². The molecule has 6 heterocycles. The van der Waals surface area contributed by atoms with E-state index in [0.717, 1.165) is 49.3 Å². The van der Waals surface area contributed by atoms with Gasteiger partial charge in [-0.15, -0.1) is 5.10 Å². The van der Waals surface area contributed by atoms with Gasteiger partial charge in [-0.3, -0.25) is 67.0 Å². The molecule has 2 saturated heterocycles. The van der Waals surface area contributed by atoms with Gasteiger partial charge in [0, 0.05) is 93.7 Å². The van der Waals surface area contributed by atoms with Crippen LogP contribution in [0.3, 0.4) is 0 Å². The number of alkyl halides is 3. The standard InChI is InChI=1S/C82H123F3N18O23S/c1-3-58-75(112)95-62(43-53-17-19-54(20-18-53)82(83,84)85)73(110)87-24-7-6-12-59(91-68(105)23-27-120-29-31-122-33-35-124-37-39-126-41-40-125-38-36-123-34-32-121-30-28-119-26-9-11-57(104)10-4-5-14-67-71-66(49-127-67)99-81(118)100-71)76(113)90-51(2)72(109)94-60-13-8-25-103-48-56(101-102-103)45-65(79(116)93-58)98-78(115)61(21-22-70(107)108)92-69(106)47-88-74(111)63(42-52-15-16-52)96-80(117)64(97-77(60)114)44-55-46-86-50-89-55/h17-20,46,48,50-52,58-67,71H,3-16,21-45,47,49H2,1-2H3,(H,86,89)(H,87,110)(H,88,111)(H,90,113)(H,91,105)(H,92,106)(H,93,116)(H,94,109)(H,95,112)(H,96,117)(H,97,114)(H,98,115)(H,107,108)(H2,99,100,118)/t51-,58-,59+,60+,61-,62-,63-,64-,65+,66-,67-,71-/m0/s1. The van der Waals surface area contributed by atoms with Crippen molar-refractivity contribution in [1.29, 1.82) is 0 Å². The first kappa shape index (κ1) is 102. The van der Waals surface area contributed by atoms with E-state index in [1.807, 2.05) is 11.8 Å². The number of rotatable bonds is 44. The number of carbonyl (C=O) groups is 14. The minimum absolute atomic E-state index is 0.0210. The van der Waals surface area contributed by atoms with Gasteiger partial charge in [0.25, 0.3) is 0 Å². The highest BCUT2D eigenvalue weighted by Crippen LogP contribution is 2.35. The fourth-order valence-electron chi connectivity index (χ4n) is 14.1. The van der Waals surface area contributed by atoms with E-state index in [2.05, 4.69) is 89.4 Å². The van der Waals surface area contributed by atoms with Gasteiger partial charge in [0.1, 0.15) is 60.2 Å². The summed E-state index contributed by atoms with van der Waals surface area (Å²) in [6, 6.07) is -9.28. The van der Waals surface area contributed by atoms with Crippen LogP contribution >= 0.6 is 11.8 Å². The molecule has 4 bridgehead atoms. The van der Waals surface area contributed by atoms with Gasteiger partial charge in [0.15, 0.2) is 0 Å². The number of fused-ring (bicyclic) bond motifs is 5. The number of nitrogens with one attached hydrogen (secondary N) is 14. The summed E-state index contributed by atoms with van der Waals surface area (Å²) in [5.41, 5.74) is -0.413. The van der Waals surface area contributed by atoms with Crippen LogP contribution in [0, 0.1) is 5.92 Å². The third kappa shape index (κ3) is 38.8. The van der Waals surface area contributed by atoms with Crippen molar-refractivity contribution < 1.29 is 123 Å². The number of imidazole rings is 1. The summed E-state index contributed by atoms with van der Waals surface area (Å²) < 4.78 is 87.2. The molecule has 3 aromatic rings. The number of benzene rings is 1. The number of aliphatic carboxylic acids is 1. The average Bonchev–Trinajstić information content (AvgIpc) is 1.67. The summed E-state index contributed by atoms with van der Waals surface area (Å²) in [7, 11) is 0. The minimum atomic E-state index is -4.72. The Hall–Kier alpha value is -10.0. The van der Waals surface area contributed by atoms with E-state index in [0.29, 0.717) is 116 Å². The van der Waals surface area contributed by atoms with Crippen LogP contribution in [-0.4, -0.2) is 309 Å². The number of ketones is 1. The van der Waals surface area contributed by atoms with Gasteiger partial charge in [-0.2, -0.15) is 24.9 Å². The van der Waals surface area contributed by atoms with Crippen LogP contribution in [0.25, 0.3) is 0 Å². The summed E-state index contributed by atoms with van der Waals surface area (Å²) >= 11 is 1.88. The highest BCUT2D eigenvalue weighted by Gasteiger charge is 2.43. The zero-order chi connectivity index (χ0) is 91.3. The summed E-state index contributed by atoms with van der Waals surface area (Å²) in [6.07, 6.45) is 2.63. The number of carbonyl (C=O) groups excluding carboxylic acids is 13. The topological polar surface area (TPSA) is 549 Å². The summed E-state index contributed by atoms with van der Waals surface area (Å²) in [5, 5.41) is 53.1. The lowest BCUT2D eigenvalue weighted by atomic mass is 10.0. The van der Waals surface area contributed by atoms with Crippen molar-refractivity contribution in [3.8, 4) is 0 Å². The number of thioether (sulfide) groups is 1. The molecular formula is C82H123F3N18O23S. The van der Waals surface area contributed by atoms with Crippen molar-refractivity contribution in [2.75, 3.05) is 125 Å². The Labute approximate surface area is 737 Å². The second kappa shape index (κ2) is 55.6. The van der Waals surface area contributed by atoms with Gasteiger partial charge in [-0.25, -0.2) is 9.78 Å². The molecule has 0 unspecified atom stereocenters. The van der Waals surface area contributed by atoms with E-state index >= 15 is 0 Å². The van der Waals surface area contributed by atoms with E-state index < -0.39 is 163 Å². The van der Waals surface area contributed by atoms with Gasteiger partial charge < -0.3 is 117 Å². The number of hydrogen-bond donors (Lipinski definition) is 15. The molecule has 13 amide bonds.